The molecule has 2 aromatic heterocycles. The van der Waals surface area contributed by atoms with Crippen LogP contribution in [-0.4, -0.2) is 14.5 Å². The molecule has 3 nitrogen and oxygen atoms in total. The molecule has 1 spiro atoms. The maximum Gasteiger partial charge on any atom is 0.235 e. The maximum atomic E-state index is 5.30. The number of hydrogen-bond donors (Lipinski definition) is 0. The average Bonchev–Trinajstić information content (AvgIpc) is 3.68. The van der Waals surface area contributed by atoms with Gasteiger partial charge in [-0.2, -0.15) is 0 Å². The molecule has 0 atom stereocenters. The number of para-hydroxylation sites is 1. The van der Waals surface area contributed by atoms with E-state index in [1.165, 1.54) is 53.9 Å². The van der Waals surface area contributed by atoms with Crippen molar-refractivity contribution in [1.82, 2.24) is 14.5 Å². The van der Waals surface area contributed by atoms with Crippen molar-refractivity contribution < 1.29 is 0 Å². The normalized spacial score (nSPS) is 13.6. The zero-order valence-electron chi connectivity index (χ0n) is 27.5. The van der Waals surface area contributed by atoms with E-state index in [9.17, 15) is 0 Å². The summed E-state index contributed by atoms with van der Waals surface area (Å²) >= 11 is 1.87. The van der Waals surface area contributed by atoms with Gasteiger partial charge in [-0.1, -0.05) is 157 Å². The highest BCUT2D eigenvalue weighted by Gasteiger charge is 2.50. The standard InChI is InChI=1S/C47H29N3S/c1-3-15-30(16-4-1)40-28-41(31-17-5-2-6-18-31)49-46(48-40)50-42-25-13-9-21-34(42)35-27-39-45(29-43(35)50)51-44-26-14-12-24-38(44)47(39)36-22-10-7-19-32(36)33-20-8-11-23-37(33)47/h1-29H. The van der Waals surface area contributed by atoms with Gasteiger partial charge in [-0.25, -0.2) is 9.97 Å². The molecule has 7 aromatic carbocycles. The lowest BCUT2D eigenvalue weighted by Gasteiger charge is -2.39. The van der Waals surface area contributed by atoms with Crippen LogP contribution in [-0.2, 0) is 5.41 Å². The van der Waals surface area contributed by atoms with E-state index in [0.29, 0.717) is 5.95 Å². The van der Waals surface area contributed by atoms with Gasteiger partial charge in [0, 0.05) is 31.7 Å². The second-order valence-electron chi connectivity index (χ2n) is 13.3. The molecular formula is C47H29N3S. The Labute approximate surface area is 299 Å². The van der Waals surface area contributed by atoms with Crippen LogP contribution in [0.25, 0.3) is 61.4 Å². The molecule has 0 bridgehead atoms. The van der Waals surface area contributed by atoms with Crippen LogP contribution in [0.3, 0.4) is 0 Å². The molecule has 0 amide bonds. The first-order valence-corrected chi connectivity index (χ1v) is 18.2. The molecule has 0 unspecified atom stereocenters. The molecule has 0 N–H and O–H groups in total. The first kappa shape index (κ1) is 28.6. The van der Waals surface area contributed by atoms with Gasteiger partial charge in [0.25, 0.3) is 0 Å². The lowest BCUT2D eigenvalue weighted by molar-refractivity contribution is 0.724. The molecule has 4 heteroatoms. The van der Waals surface area contributed by atoms with Crippen LogP contribution in [0.2, 0.25) is 0 Å². The van der Waals surface area contributed by atoms with E-state index in [-0.39, 0.29) is 0 Å². The van der Waals surface area contributed by atoms with Crippen molar-refractivity contribution in [2.75, 3.05) is 0 Å². The molecule has 51 heavy (non-hydrogen) atoms. The monoisotopic (exact) mass is 667 g/mol. The highest BCUT2D eigenvalue weighted by atomic mass is 32.2. The minimum atomic E-state index is -0.439. The Kier molecular flexibility index (Phi) is 6.10. The van der Waals surface area contributed by atoms with Crippen LogP contribution < -0.4 is 0 Å². The van der Waals surface area contributed by atoms with Crippen LogP contribution in [0.4, 0.5) is 0 Å². The molecule has 0 saturated heterocycles. The number of nitrogens with zero attached hydrogens (tertiary/aromatic N) is 3. The topological polar surface area (TPSA) is 30.7 Å². The summed E-state index contributed by atoms with van der Waals surface area (Å²) in [5.74, 6) is 0.661. The molecule has 0 radical (unpaired) electrons. The largest absolute Gasteiger partial charge is 0.278 e. The lowest BCUT2D eigenvalue weighted by atomic mass is 9.67. The van der Waals surface area contributed by atoms with Crippen molar-refractivity contribution >= 4 is 33.6 Å². The Hall–Kier alpha value is -6.23. The fraction of sp³-hybridized carbons (Fsp3) is 0.0213. The number of aromatic nitrogens is 3. The molecule has 3 heterocycles. The Morgan fingerprint density at radius 2 is 0.961 bits per heavy atom. The van der Waals surface area contributed by atoms with Gasteiger partial charge in [-0.15, -0.1) is 0 Å². The van der Waals surface area contributed by atoms with E-state index in [1.807, 2.05) is 23.9 Å². The third-order valence-corrected chi connectivity index (χ3v) is 11.8. The van der Waals surface area contributed by atoms with Crippen LogP contribution >= 0.6 is 11.8 Å². The molecule has 0 fully saturated rings. The highest BCUT2D eigenvalue weighted by Crippen LogP contribution is 2.62. The molecule has 238 valence electrons. The smallest absolute Gasteiger partial charge is 0.235 e. The van der Waals surface area contributed by atoms with Crippen LogP contribution in [0.15, 0.2) is 186 Å². The molecule has 1 aliphatic carbocycles. The third-order valence-electron chi connectivity index (χ3n) is 10.7. The first-order valence-electron chi connectivity index (χ1n) is 17.3. The minimum Gasteiger partial charge on any atom is -0.278 e. The first-order chi connectivity index (χ1) is 25.3. The van der Waals surface area contributed by atoms with Gasteiger partial charge in [0.15, 0.2) is 0 Å². The quantitative estimate of drug-likeness (QED) is 0.188. The molecule has 1 aliphatic heterocycles. The Balaban J connectivity index is 1.24. The van der Waals surface area contributed by atoms with Gasteiger partial charge in [-0.05, 0) is 63.7 Å². The summed E-state index contributed by atoms with van der Waals surface area (Å²) in [5.41, 5.74) is 13.6. The van der Waals surface area contributed by atoms with Crippen molar-refractivity contribution in [3.05, 3.63) is 198 Å². The van der Waals surface area contributed by atoms with Crippen LogP contribution in [0.5, 0.6) is 0 Å². The molecule has 0 saturated carbocycles. The summed E-state index contributed by atoms with van der Waals surface area (Å²) < 4.78 is 2.27. The zero-order chi connectivity index (χ0) is 33.5. The summed E-state index contributed by atoms with van der Waals surface area (Å²) in [6, 6.07) is 63.5. The predicted molar refractivity (Wildman–Crippen MR) is 209 cm³/mol. The maximum absolute atomic E-state index is 5.30. The highest BCUT2D eigenvalue weighted by molar-refractivity contribution is 7.99. The van der Waals surface area contributed by atoms with Gasteiger partial charge in [0.05, 0.1) is 27.8 Å². The minimum absolute atomic E-state index is 0.439. The van der Waals surface area contributed by atoms with E-state index >= 15 is 0 Å². The summed E-state index contributed by atoms with van der Waals surface area (Å²) in [6.45, 7) is 0. The fourth-order valence-corrected chi connectivity index (χ4v) is 9.79. The Morgan fingerprint density at radius 1 is 0.412 bits per heavy atom. The molecule has 9 aromatic rings. The summed E-state index contributed by atoms with van der Waals surface area (Å²) in [5, 5.41) is 2.38. The van der Waals surface area contributed by atoms with E-state index in [4.69, 9.17) is 9.97 Å². The van der Waals surface area contributed by atoms with Crippen LogP contribution in [0, 0.1) is 0 Å². The van der Waals surface area contributed by atoms with Gasteiger partial charge < -0.3 is 0 Å². The number of rotatable bonds is 3. The SMILES string of the molecule is c1ccc(-c2cc(-c3ccccc3)nc(-n3c4ccccc4c4cc5c(cc43)Sc3ccccc3C53c4ccccc4-c4ccccc43)n2)cc1. The van der Waals surface area contributed by atoms with E-state index < -0.39 is 5.41 Å². The third kappa shape index (κ3) is 4.02. The van der Waals surface area contributed by atoms with Crippen molar-refractivity contribution in [3.63, 3.8) is 0 Å². The van der Waals surface area contributed by atoms with E-state index in [2.05, 4.69) is 168 Å². The summed E-state index contributed by atoms with van der Waals surface area (Å²) in [4.78, 5) is 13.1. The number of benzene rings is 7. The lowest BCUT2D eigenvalue weighted by Crippen LogP contribution is -2.32. The second-order valence-corrected chi connectivity index (χ2v) is 14.4. The van der Waals surface area contributed by atoms with Gasteiger partial charge in [0.1, 0.15) is 0 Å². The Morgan fingerprint density at radius 3 is 1.63 bits per heavy atom. The number of fused-ring (bicyclic) bond motifs is 12. The van der Waals surface area contributed by atoms with Crippen molar-refractivity contribution in [2.24, 2.45) is 0 Å². The van der Waals surface area contributed by atoms with Gasteiger partial charge >= 0.3 is 0 Å². The van der Waals surface area contributed by atoms with Crippen molar-refractivity contribution in [1.29, 1.82) is 0 Å². The zero-order valence-corrected chi connectivity index (χ0v) is 28.3. The second kappa shape index (κ2) is 10.9. The molecule has 2 aliphatic rings. The predicted octanol–water partition coefficient (Wildman–Crippen LogP) is 11.7. The average molecular weight is 668 g/mol. The molecular weight excluding hydrogens is 639 g/mol. The van der Waals surface area contributed by atoms with E-state index in [0.717, 1.165) is 33.5 Å². The summed E-state index contributed by atoms with van der Waals surface area (Å²) in [7, 11) is 0. The fourth-order valence-electron chi connectivity index (χ4n) is 8.58. The Bertz CT molecular complexity index is 2730. The van der Waals surface area contributed by atoms with Crippen LogP contribution in [0.1, 0.15) is 22.3 Å². The van der Waals surface area contributed by atoms with Crippen molar-refractivity contribution in [2.45, 2.75) is 15.2 Å². The van der Waals surface area contributed by atoms with Gasteiger partial charge in [0.2, 0.25) is 5.95 Å². The molecule has 11 rings (SSSR count). The van der Waals surface area contributed by atoms with Gasteiger partial charge in [-0.3, -0.25) is 4.57 Å². The number of hydrogen-bond acceptors (Lipinski definition) is 3. The van der Waals surface area contributed by atoms with E-state index in [1.54, 1.807) is 0 Å². The summed E-state index contributed by atoms with van der Waals surface area (Å²) in [6.07, 6.45) is 0. The van der Waals surface area contributed by atoms with Crippen molar-refractivity contribution in [3.8, 4) is 39.6 Å².